The molecule has 18 heavy (non-hydrogen) atoms. The van der Waals surface area contributed by atoms with Gasteiger partial charge < -0.3 is 5.32 Å². The van der Waals surface area contributed by atoms with E-state index < -0.39 is 0 Å². The maximum absolute atomic E-state index is 4.62. The summed E-state index contributed by atoms with van der Waals surface area (Å²) >= 11 is 1.80. The third-order valence-corrected chi connectivity index (χ3v) is 4.76. The molecule has 0 aliphatic heterocycles. The van der Waals surface area contributed by atoms with Gasteiger partial charge in [-0.25, -0.2) is 4.98 Å². The van der Waals surface area contributed by atoms with E-state index in [-0.39, 0.29) is 5.54 Å². The summed E-state index contributed by atoms with van der Waals surface area (Å²) in [4.78, 5) is 4.62. The van der Waals surface area contributed by atoms with Gasteiger partial charge in [0.1, 0.15) is 5.01 Å². The largest absolute Gasteiger partial charge is 0.303 e. The molecule has 1 fully saturated rings. The van der Waals surface area contributed by atoms with Crippen LogP contribution in [0.5, 0.6) is 0 Å². The number of hydrogen-bond acceptors (Lipinski definition) is 3. The highest BCUT2D eigenvalue weighted by Crippen LogP contribution is 2.49. The van der Waals surface area contributed by atoms with Crippen LogP contribution in [0.1, 0.15) is 58.9 Å². The van der Waals surface area contributed by atoms with Gasteiger partial charge in [0.15, 0.2) is 0 Å². The van der Waals surface area contributed by atoms with Crippen LogP contribution in [0.15, 0.2) is 11.6 Å². The number of nitrogens with zero attached hydrogens (tertiary/aromatic N) is 1. The van der Waals surface area contributed by atoms with Crippen molar-refractivity contribution in [1.29, 1.82) is 0 Å². The molecular formula is C15H26N2S. The molecular weight excluding hydrogens is 240 g/mol. The predicted octanol–water partition coefficient (Wildman–Crippen LogP) is 4.18. The van der Waals surface area contributed by atoms with Crippen molar-refractivity contribution in [3.8, 4) is 0 Å². The van der Waals surface area contributed by atoms with Gasteiger partial charge in [-0.3, -0.25) is 0 Å². The first-order chi connectivity index (χ1) is 8.33. The lowest BCUT2D eigenvalue weighted by Crippen LogP contribution is -2.52. The molecule has 1 N–H and O–H groups in total. The van der Waals surface area contributed by atoms with Crippen molar-refractivity contribution in [2.24, 2.45) is 11.3 Å². The highest BCUT2D eigenvalue weighted by atomic mass is 32.1. The molecule has 0 saturated heterocycles. The molecule has 2 atom stereocenters. The average Bonchev–Trinajstić information content (AvgIpc) is 2.64. The number of rotatable bonds is 3. The van der Waals surface area contributed by atoms with E-state index in [1.807, 2.05) is 6.20 Å². The van der Waals surface area contributed by atoms with Crippen LogP contribution >= 0.6 is 11.3 Å². The van der Waals surface area contributed by atoms with Gasteiger partial charge in [-0.1, -0.05) is 20.8 Å². The third-order valence-electron chi connectivity index (χ3n) is 3.78. The van der Waals surface area contributed by atoms with Gasteiger partial charge in [-0.05, 0) is 44.4 Å². The van der Waals surface area contributed by atoms with Gasteiger partial charge in [0, 0.05) is 17.6 Å². The van der Waals surface area contributed by atoms with E-state index in [0.29, 0.717) is 11.5 Å². The molecule has 3 heteroatoms. The molecule has 0 bridgehead atoms. The average molecular weight is 266 g/mol. The van der Waals surface area contributed by atoms with E-state index in [4.69, 9.17) is 0 Å². The molecule has 1 heterocycles. The van der Waals surface area contributed by atoms with Crippen LogP contribution in [0, 0.1) is 11.3 Å². The molecule has 2 nitrogen and oxygen atoms in total. The fourth-order valence-corrected chi connectivity index (χ4v) is 4.73. The van der Waals surface area contributed by atoms with Crippen LogP contribution in [0.3, 0.4) is 0 Å². The van der Waals surface area contributed by atoms with E-state index in [2.05, 4.69) is 50.3 Å². The molecule has 0 spiro atoms. The Labute approximate surface area is 115 Å². The van der Waals surface area contributed by atoms with Crippen molar-refractivity contribution < 1.29 is 0 Å². The molecule has 0 aromatic carbocycles. The number of hydrogen-bond donors (Lipinski definition) is 1. The van der Waals surface area contributed by atoms with Crippen LogP contribution < -0.4 is 5.32 Å². The predicted molar refractivity (Wildman–Crippen MR) is 78.9 cm³/mol. The molecule has 102 valence electrons. The Bertz CT molecular complexity index is 379. The second-order valence-electron chi connectivity index (χ2n) is 7.07. The zero-order chi connectivity index (χ0) is 13.4. The minimum Gasteiger partial charge on any atom is -0.303 e. The standard InChI is InChI=1S/C15H26N2S/c1-11(2)17-15(13-16-6-7-18-13)9-12(3)8-14(4,5)10-15/h6-7,11-12,17H,8-10H2,1-5H3. The van der Waals surface area contributed by atoms with Crippen LogP contribution in [0.4, 0.5) is 0 Å². The smallest absolute Gasteiger partial charge is 0.113 e. The van der Waals surface area contributed by atoms with Crippen molar-refractivity contribution in [2.45, 2.75) is 65.5 Å². The van der Waals surface area contributed by atoms with E-state index in [0.717, 1.165) is 5.92 Å². The summed E-state index contributed by atoms with van der Waals surface area (Å²) in [5.41, 5.74) is 0.481. The molecule has 0 amide bonds. The van der Waals surface area contributed by atoms with Crippen molar-refractivity contribution in [3.05, 3.63) is 16.6 Å². The fraction of sp³-hybridized carbons (Fsp3) is 0.800. The Kier molecular flexibility index (Phi) is 3.84. The number of aromatic nitrogens is 1. The SMILES string of the molecule is CC1CC(C)(C)CC(NC(C)C)(c2nccs2)C1. The molecule has 1 aromatic heterocycles. The van der Waals surface area contributed by atoms with Gasteiger partial charge >= 0.3 is 0 Å². The summed E-state index contributed by atoms with van der Waals surface area (Å²) in [7, 11) is 0. The van der Waals surface area contributed by atoms with E-state index >= 15 is 0 Å². The molecule has 1 aliphatic carbocycles. The lowest BCUT2D eigenvalue weighted by atomic mass is 9.64. The Balaban J connectivity index is 2.36. The Hall–Kier alpha value is -0.410. The van der Waals surface area contributed by atoms with Crippen molar-refractivity contribution in [1.82, 2.24) is 10.3 Å². The zero-order valence-electron chi connectivity index (χ0n) is 12.3. The maximum Gasteiger partial charge on any atom is 0.113 e. The highest BCUT2D eigenvalue weighted by Gasteiger charge is 2.45. The third kappa shape index (κ3) is 2.94. The van der Waals surface area contributed by atoms with E-state index in [1.165, 1.54) is 24.3 Å². The lowest BCUT2D eigenvalue weighted by Gasteiger charge is -2.48. The normalized spacial score (nSPS) is 31.8. The molecule has 0 radical (unpaired) electrons. The Morgan fingerprint density at radius 2 is 2.11 bits per heavy atom. The van der Waals surface area contributed by atoms with Crippen molar-refractivity contribution in [2.75, 3.05) is 0 Å². The first-order valence-corrected chi connectivity index (χ1v) is 7.89. The highest BCUT2D eigenvalue weighted by molar-refractivity contribution is 7.09. The van der Waals surface area contributed by atoms with E-state index in [1.54, 1.807) is 11.3 Å². The Morgan fingerprint density at radius 1 is 1.39 bits per heavy atom. The monoisotopic (exact) mass is 266 g/mol. The fourth-order valence-electron chi connectivity index (χ4n) is 3.92. The zero-order valence-corrected chi connectivity index (χ0v) is 13.1. The number of nitrogens with one attached hydrogen (secondary N) is 1. The summed E-state index contributed by atoms with van der Waals surface area (Å²) in [6.45, 7) is 11.6. The molecule has 1 aliphatic rings. The second kappa shape index (κ2) is 4.93. The van der Waals surface area contributed by atoms with Gasteiger partial charge in [0.2, 0.25) is 0 Å². The second-order valence-corrected chi connectivity index (χ2v) is 7.97. The number of thiazole rings is 1. The van der Waals surface area contributed by atoms with Crippen LogP contribution in [-0.4, -0.2) is 11.0 Å². The van der Waals surface area contributed by atoms with Gasteiger partial charge in [-0.15, -0.1) is 11.3 Å². The summed E-state index contributed by atoms with van der Waals surface area (Å²) in [5.74, 6) is 0.754. The summed E-state index contributed by atoms with van der Waals surface area (Å²) < 4.78 is 0. The van der Waals surface area contributed by atoms with Gasteiger partial charge in [-0.2, -0.15) is 0 Å². The topological polar surface area (TPSA) is 24.9 Å². The minimum absolute atomic E-state index is 0.0868. The first-order valence-electron chi connectivity index (χ1n) is 7.01. The van der Waals surface area contributed by atoms with Crippen molar-refractivity contribution in [3.63, 3.8) is 0 Å². The molecule has 1 saturated carbocycles. The van der Waals surface area contributed by atoms with Gasteiger partial charge in [0.05, 0.1) is 5.54 Å². The minimum atomic E-state index is 0.0868. The van der Waals surface area contributed by atoms with Crippen LogP contribution in [0.2, 0.25) is 0 Å². The quantitative estimate of drug-likeness (QED) is 0.887. The van der Waals surface area contributed by atoms with Gasteiger partial charge in [0.25, 0.3) is 0 Å². The summed E-state index contributed by atoms with van der Waals surface area (Å²) in [5, 5.41) is 7.21. The van der Waals surface area contributed by atoms with Crippen molar-refractivity contribution >= 4 is 11.3 Å². The molecule has 2 rings (SSSR count). The lowest BCUT2D eigenvalue weighted by molar-refractivity contribution is 0.0732. The summed E-state index contributed by atoms with van der Waals surface area (Å²) in [6, 6.07) is 0.495. The molecule has 1 aromatic rings. The van der Waals surface area contributed by atoms with E-state index in [9.17, 15) is 0 Å². The molecule has 2 unspecified atom stereocenters. The maximum atomic E-state index is 4.62. The van der Waals surface area contributed by atoms with Crippen LogP contribution in [-0.2, 0) is 5.54 Å². The Morgan fingerprint density at radius 3 is 2.61 bits per heavy atom. The summed E-state index contributed by atoms with van der Waals surface area (Å²) in [6.07, 6.45) is 5.66. The van der Waals surface area contributed by atoms with Crippen LogP contribution in [0.25, 0.3) is 0 Å². The first kappa shape index (κ1) is 14.0.